The quantitative estimate of drug-likeness (QED) is 0.842. The Kier molecular flexibility index (Phi) is 3.47. The first-order valence-corrected chi connectivity index (χ1v) is 6.68. The molecule has 1 N–H and O–H groups in total. The molecule has 0 unspecified atom stereocenters. The third-order valence-corrected chi connectivity index (χ3v) is 3.42. The fourth-order valence-corrected chi connectivity index (χ4v) is 2.01. The highest BCUT2D eigenvalue weighted by Gasteiger charge is 2.36. The van der Waals surface area contributed by atoms with Crippen LogP contribution in [-0.4, -0.2) is 16.5 Å². The van der Waals surface area contributed by atoms with Gasteiger partial charge in [-0.25, -0.2) is 9.97 Å². The minimum absolute atomic E-state index is 0.502. The van der Waals surface area contributed by atoms with E-state index in [9.17, 15) is 0 Å². The molecule has 3 nitrogen and oxygen atoms in total. The zero-order valence-electron chi connectivity index (χ0n) is 9.89. The van der Waals surface area contributed by atoms with Crippen LogP contribution in [0.4, 0.5) is 5.82 Å². The average Bonchev–Trinajstić information content (AvgIpc) is 2.94. The van der Waals surface area contributed by atoms with Crippen molar-refractivity contribution in [2.75, 3.05) is 11.9 Å². The maximum Gasteiger partial charge on any atom is 0.132 e. The monoisotopic (exact) mass is 283 g/mol. The minimum atomic E-state index is 0.502. The van der Waals surface area contributed by atoms with Crippen LogP contribution in [-0.2, 0) is 6.42 Å². The second kappa shape index (κ2) is 4.70. The van der Waals surface area contributed by atoms with E-state index in [-0.39, 0.29) is 0 Å². The van der Waals surface area contributed by atoms with Crippen LogP contribution in [0.5, 0.6) is 0 Å². The predicted octanol–water partition coefficient (Wildman–Crippen LogP) is 3.40. The fourth-order valence-electron chi connectivity index (χ4n) is 1.58. The van der Waals surface area contributed by atoms with Crippen LogP contribution in [0.15, 0.2) is 10.7 Å². The Bertz CT molecular complexity index is 375. The molecule has 1 aromatic heterocycles. The lowest BCUT2D eigenvalue weighted by molar-refractivity contribution is 0.608. The Morgan fingerprint density at radius 2 is 2.19 bits per heavy atom. The molecule has 1 heterocycles. The second-order valence-electron chi connectivity index (χ2n) is 4.91. The SMILES string of the molecule is CCCc1nc(Br)cc(NCC2(C)CC2)n1. The first kappa shape index (κ1) is 11.8. The molecule has 0 radical (unpaired) electrons. The van der Waals surface area contributed by atoms with Crippen LogP contribution in [0.2, 0.25) is 0 Å². The maximum atomic E-state index is 4.50. The summed E-state index contributed by atoms with van der Waals surface area (Å²) in [5, 5.41) is 3.41. The van der Waals surface area contributed by atoms with Crippen molar-refractivity contribution < 1.29 is 0 Å². The minimum Gasteiger partial charge on any atom is -0.369 e. The molecule has 0 saturated heterocycles. The molecule has 0 bridgehead atoms. The molecule has 16 heavy (non-hydrogen) atoms. The van der Waals surface area contributed by atoms with Gasteiger partial charge in [-0.2, -0.15) is 0 Å². The van der Waals surface area contributed by atoms with Crippen molar-refractivity contribution in [3.05, 3.63) is 16.5 Å². The number of hydrogen-bond acceptors (Lipinski definition) is 3. The van der Waals surface area contributed by atoms with Gasteiger partial charge in [0.2, 0.25) is 0 Å². The van der Waals surface area contributed by atoms with E-state index in [0.29, 0.717) is 5.41 Å². The van der Waals surface area contributed by atoms with Gasteiger partial charge in [0.25, 0.3) is 0 Å². The van der Waals surface area contributed by atoms with Gasteiger partial charge in [0.15, 0.2) is 0 Å². The lowest BCUT2D eigenvalue weighted by Crippen LogP contribution is -2.13. The Morgan fingerprint density at radius 3 is 2.81 bits per heavy atom. The maximum absolute atomic E-state index is 4.50. The van der Waals surface area contributed by atoms with E-state index in [1.807, 2.05) is 6.07 Å². The number of nitrogens with zero attached hydrogens (tertiary/aromatic N) is 2. The highest BCUT2D eigenvalue weighted by atomic mass is 79.9. The van der Waals surface area contributed by atoms with Gasteiger partial charge in [0, 0.05) is 19.0 Å². The lowest BCUT2D eigenvalue weighted by atomic mass is 10.1. The van der Waals surface area contributed by atoms with Crippen LogP contribution in [0.3, 0.4) is 0 Å². The summed E-state index contributed by atoms with van der Waals surface area (Å²) in [5.41, 5.74) is 0.502. The van der Waals surface area contributed by atoms with Crippen LogP contribution < -0.4 is 5.32 Å². The predicted molar refractivity (Wildman–Crippen MR) is 69.6 cm³/mol. The van der Waals surface area contributed by atoms with Crippen molar-refractivity contribution in [3.63, 3.8) is 0 Å². The smallest absolute Gasteiger partial charge is 0.132 e. The number of nitrogens with one attached hydrogen (secondary N) is 1. The molecule has 0 amide bonds. The van der Waals surface area contributed by atoms with Crippen molar-refractivity contribution in [2.24, 2.45) is 5.41 Å². The average molecular weight is 284 g/mol. The van der Waals surface area contributed by atoms with E-state index >= 15 is 0 Å². The Morgan fingerprint density at radius 1 is 1.44 bits per heavy atom. The van der Waals surface area contributed by atoms with Gasteiger partial charge in [-0.05, 0) is 40.6 Å². The van der Waals surface area contributed by atoms with Crippen molar-refractivity contribution in [1.82, 2.24) is 9.97 Å². The van der Waals surface area contributed by atoms with Gasteiger partial charge < -0.3 is 5.32 Å². The highest BCUT2D eigenvalue weighted by Crippen LogP contribution is 2.44. The van der Waals surface area contributed by atoms with Crippen LogP contribution in [0, 0.1) is 5.41 Å². The number of rotatable bonds is 5. The molecule has 88 valence electrons. The molecule has 0 atom stereocenters. The van der Waals surface area contributed by atoms with Crippen LogP contribution in [0.1, 0.15) is 38.9 Å². The molecule has 0 aliphatic heterocycles. The number of hydrogen-bond donors (Lipinski definition) is 1. The van der Waals surface area contributed by atoms with E-state index in [2.05, 4.69) is 45.1 Å². The van der Waals surface area contributed by atoms with Gasteiger partial charge >= 0.3 is 0 Å². The number of aromatic nitrogens is 2. The van der Waals surface area contributed by atoms with E-state index < -0.39 is 0 Å². The molecule has 1 aliphatic carbocycles. The molecule has 4 heteroatoms. The summed E-state index contributed by atoms with van der Waals surface area (Å²) in [5.74, 6) is 1.86. The summed E-state index contributed by atoms with van der Waals surface area (Å²) in [6.45, 7) is 5.47. The standard InChI is InChI=1S/C12H18BrN3/c1-3-4-10-15-9(13)7-11(16-10)14-8-12(2)5-6-12/h7H,3-6,8H2,1-2H3,(H,14,15,16). The molecule has 2 rings (SSSR count). The zero-order chi connectivity index (χ0) is 11.6. The van der Waals surface area contributed by atoms with Gasteiger partial charge in [-0.3, -0.25) is 0 Å². The van der Waals surface area contributed by atoms with E-state index in [1.54, 1.807) is 0 Å². The second-order valence-corrected chi connectivity index (χ2v) is 5.72. The number of aryl methyl sites for hydroxylation is 1. The summed E-state index contributed by atoms with van der Waals surface area (Å²) in [6, 6.07) is 1.95. The number of anilines is 1. The molecule has 1 aromatic rings. The summed E-state index contributed by atoms with van der Waals surface area (Å²) < 4.78 is 0.870. The Labute approximate surface area is 105 Å². The molecule has 1 fully saturated rings. The molecule has 1 aliphatic rings. The summed E-state index contributed by atoms with van der Waals surface area (Å²) in [7, 11) is 0. The molecular weight excluding hydrogens is 266 g/mol. The van der Waals surface area contributed by atoms with Crippen molar-refractivity contribution in [3.8, 4) is 0 Å². The van der Waals surface area contributed by atoms with Gasteiger partial charge in [0.05, 0.1) is 0 Å². The molecular formula is C12H18BrN3. The first-order valence-electron chi connectivity index (χ1n) is 5.89. The number of halogens is 1. The third kappa shape index (κ3) is 3.17. The van der Waals surface area contributed by atoms with E-state index in [1.165, 1.54) is 12.8 Å². The lowest BCUT2D eigenvalue weighted by Gasteiger charge is -2.11. The van der Waals surface area contributed by atoms with Crippen LogP contribution in [0.25, 0.3) is 0 Å². The van der Waals surface area contributed by atoms with Crippen molar-refractivity contribution in [1.29, 1.82) is 0 Å². The molecule has 0 aromatic carbocycles. The van der Waals surface area contributed by atoms with Gasteiger partial charge in [0.1, 0.15) is 16.2 Å². The molecule has 1 saturated carbocycles. The molecule has 0 spiro atoms. The first-order chi connectivity index (χ1) is 7.61. The van der Waals surface area contributed by atoms with Crippen molar-refractivity contribution in [2.45, 2.75) is 39.5 Å². The normalized spacial score (nSPS) is 17.2. The van der Waals surface area contributed by atoms with Crippen LogP contribution >= 0.6 is 15.9 Å². The summed E-state index contributed by atoms with van der Waals surface area (Å²) in [4.78, 5) is 8.85. The zero-order valence-corrected chi connectivity index (χ0v) is 11.5. The highest BCUT2D eigenvalue weighted by molar-refractivity contribution is 9.10. The van der Waals surface area contributed by atoms with Crippen molar-refractivity contribution >= 4 is 21.7 Å². The summed E-state index contributed by atoms with van der Waals surface area (Å²) >= 11 is 3.43. The largest absolute Gasteiger partial charge is 0.369 e. The Balaban J connectivity index is 2.01. The van der Waals surface area contributed by atoms with E-state index in [4.69, 9.17) is 0 Å². The van der Waals surface area contributed by atoms with Gasteiger partial charge in [-0.15, -0.1) is 0 Å². The topological polar surface area (TPSA) is 37.8 Å². The third-order valence-electron chi connectivity index (χ3n) is 3.01. The summed E-state index contributed by atoms with van der Waals surface area (Å²) in [6.07, 6.45) is 4.67. The Hall–Kier alpha value is -0.640. The van der Waals surface area contributed by atoms with E-state index in [0.717, 1.165) is 35.6 Å². The fraction of sp³-hybridized carbons (Fsp3) is 0.667. The van der Waals surface area contributed by atoms with Gasteiger partial charge in [-0.1, -0.05) is 13.8 Å².